The summed E-state index contributed by atoms with van der Waals surface area (Å²) in [4.78, 5) is 27.8. The quantitative estimate of drug-likeness (QED) is 0.0378. The zero-order valence-corrected chi connectivity index (χ0v) is 37.5. The van der Waals surface area contributed by atoms with Crippen LogP contribution in [0.25, 0.3) is 0 Å². The first kappa shape index (κ1) is 52.8. The predicted octanol–water partition coefficient (Wildman–Crippen LogP) is 14.1. The molecule has 1 N–H and O–H groups in total. The Morgan fingerprint density at radius 3 is 1.44 bits per heavy atom. The van der Waals surface area contributed by atoms with Gasteiger partial charge in [0.1, 0.15) is 0 Å². The third-order valence-corrected chi connectivity index (χ3v) is 11.4. The molecule has 6 nitrogen and oxygen atoms in total. The van der Waals surface area contributed by atoms with E-state index in [1.54, 1.807) is 0 Å². The smallest absolute Gasteiger partial charge is 0.305 e. The Kier molecular flexibility index (Phi) is 38.9. The second-order valence-corrected chi connectivity index (χ2v) is 16.7. The largest absolute Gasteiger partial charge is 0.465 e. The molecule has 6 heteroatoms. The highest BCUT2D eigenvalue weighted by Gasteiger charge is 2.21. The summed E-state index contributed by atoms with van der Waals surface area (Å²) in [5, 5.41) is 9.68. The predicted molar refractivity (Wildman–Crippen MR) is 244 cm³/mol. The molecule has 0 bridgehead atoms. The van der Waals surface area contributed by atoms with Gasteiger partial charge in [-0.15, -0.1) is 0 Å². The molecule has 0 unspecified atom stereocenters. The van der Waals surface area contributed by atoms with Crippen LogP contribution in [0.1, 0.15) is 219 Å². The fourth-order valence-electron chi connectivity index (χ4n) is 7.74. The van der Waals surface area contributed by atoms with E-state index in [9.17, 15) is 14.7 Å². The summed E-state index contributed by atoms with van der Waals surface area (Å²) < 4.78 is 11.5. The average Bonchev–Trinajstić information content (AvgIpc) is 3.22. The van der Waals surface area contributed by atoms with Crippen molar-refractivity contribution >= 4 is 11.9 Å². The summed E-state index contributed by atoms with van der Waals surface area (Å²) in [5.41, 5.74) is 0. The Morgan fingerprint density at radius 1 is 0.544 bits per heavy atom. The molecule has 1 saturated carbocycles. The lowest BCUT2D eigenvalue weighted by Crippen LogP contribution is -2.39. The Hall–Kier alpha value is -2.18. The molecule has 1 aliphatic rings. The molecule has 0 aromatic carbocycles. The number of carbonyl (C=O) groups excluding carboxylic acids is 2. The summed E-state index contributed by atoms with van der Waals surface area (Å²) in [6, 6.07) is 0.590. The van der Waals surface area contributed by atoms with Crippen LogP contribution >= 0.6 is 0 Å². The molecule has 1 fully saturated rings. The molecule has 0 amide bonds. The summed E-state index contributed by atoms with van der Waals surface area (Å²) in [7, 11) is 0. The van der Waals surface area contributed by atoms with Crippen molar-refractivity contribution in [1.29, 1.82) is 0 Å². The minimum atomic E-state index is -0.131. The lowest BCUT2D eigenvalue weighted by Gasteiger charge is -2.34. The van der Waals surface area contributed by atoms with Gasteiger partial charge in [-0.3, -0.25) is 14.5 Å². The second kappa shape index (κ2) is 42.0. The van der Waals surface area contributed by atoms with Gasteiger partial charge in [0.2, 0.25) is 0 Å². The minimum Gasteiger partial charge on any atom is -0.465 e. The maximum Gasteiger partial charge on any atom is 0.305 e. The molecular weight excluding hydrogens is 707 g/mol. The average molecular weight is 798 g/mol. The summed E-state index contributed by atoms with van der Waals surface area (Å²) in [6.07, 6.45) is 54.1. The number of hydrogen-bond acceptors (Lipinski definition) is 6. The van der Waals surface area contributed by atoms with Crippen LogP contribution in [-0.2, 0) is 19.1 Å². The standard InChI is InChI=1S/C51H91NO5/c1-3-5-7-9-11-13-15-17-19-21-23-25-27-29-34-41-50(54)56-46-48(38-36-37-43-52(44-45-53)49-39-32-31-33-40-49)47-57-51(55)42-35-30-28-26-24-22-20-18-16-14-12-10-8-6-4-2/h11-14,17-20,48-49,53H,3-10,15-16,21-47H2,1-2H3/b13-11-,14-12-,19-17-,20-18-. The number of ether oxygens (including phenoxy) is 2. The molecule has 0 radical (unpaired) electrons. The van der Waals surface area contributed by atoms with E-state index >= 15 is 0 Å². The van der Waals surface area contributed by atoms with E-state index in [-0.39, 0.29) is 24.5 Å². The first-order chi connectivity index (χ1) is 28.1. The van der Waals surface area contributed by atoms with E-state index in [1.165, 1.54) is 109 Å². The molecule has 330 valence electrons. The number of esters is 2. The van der Waals surface area contributed by atoms with Crippen molar-refractivity contribution in [2.75, 3.05) is 32.9 Å². The molecule has 0 heterocycles. The molecule has 1 aliphatic carbocycles. The molecule has 0 aliphatic heterocycles. The van der Waals surface area contributed by atoms with Crippen LogP contribution in [0.4, 0.5) is 0 Å². The molecule has 1 rings (SSSR count). The normalized spacial score (nSPS) is 14.1. The van der Waals surface area contributed by atoms with Gasteiger partial charge in [0.25, 0.3) is 0 Å². The maximum atomic E-state index is 12.7. The molecular formula is C51H91NO5. The number of aliphatic hydroxyl groups is 1. The second-order valence-electron chi connectivity index (χ2n) is 16.7. The van der Waals surface area contributed by atoms with Gasteiger partial charge in [-0.2, -0.15) is 0 Å². The summed E-state index contributed by atoms with van der Waals surface area (Å²) >= 11 is 0. The fourth-order valence-corrected chi connectivity index (χ4v) is 7.74. The fraction of sp³-hybridized carbons (Fsp3) is 0.804. The van der Waals surface area contributed by atoms with Gasteiger partial charge in [0.15, 0.2) is 0 Å². The molecule has 0 saturated heterocycles. The molecule has 0 spiro atoms. The number of carbonyl (C=O) groups is 2. The zero-order valence-electron chi connectivity index (χ0n) is 37.5. The van der Waals surface area contributed by atoms with Gasteiger partial charge >= 0.3 is 11.9 Å². The number of nitrogens with zero attached hydrogens (tertiary/aromatic N) is 1. The van der Waals surface area contributed by atoms with Gasteiger partial charge in [0.05, 0.1) is 19.8 Å². The van der Waals surface area contributed by atoms with E-state index in [4.69, 9.17) is 9.47 Å². The Bertz CT molecular complexity index is 951. The number of allylic oxidation sites excluding steroid dienone is 8. The van der Waals surface area contributed by atoms with Crippen LogP contribution < -0.4 is 0 Å². The molecule has 0 aromatic heterocycles. The highest BCUT2D eigenvalue weighted by molar-refractivity contribution is 5.69. The first-order valence-corrected chi connectivity index (χ1v) is 24.4. The van der Waals surface area contributed by atoms with Crippen LogP contribution in [0.2, 0.25) is 0 Å². The van der Waals surface area contributed by atoms with Gasteiger partial charge in [-0.25, -0.2) is 0 Å². The number of aliphatic hydroxyl groups excluding tert-OH is 1. The Morgan fingerprint density at radius 2 is 0.982 bits per heavy atom. The van der Waals surface area contributed by atoms with Crippen molar-refractivity contribution in [2.45, 2.75) is 225 Å². The lowest BCUT2D eigenvalue weighted by molar-refractivity contribution is -0.149. The van der Waals surface area contributed by atoms with Gasteiger partial charge in [-0.05, 0) is 109 Å². The van der Waals surface area contributed by atoms with E-state index in [2.05, 4.69) is 67.4 Å². The van der Waals surface area contributed by atoms with Gasteiger partial charge in [0, 0.05) is 31.3 Å². The van der Waals surface area contributed by atoms with Crippen molar-refractivity contribution in [1.82, 2.24) is 4.90 Å². The molecule has 0 aromatic rings. The van der Waals surface area contributed by atoms with Crippen molar-refractivity contribution in [3.63, 3.8) is 0 Å². The number of unbranched alkanes of at least 4 members (excludes halogenated alkanes) is 17. The van der Waals surface area contributed by atoms with Gasteiger partial charge < -0.3 is 14.6 Å². The SMILES string of the molecule is CCCCC/C=C\C/C=C\CCCCCCCC(=O)OCC(CCCCN(CCO)C1CCCCC1)COC(=O)CCCCCCC/C=C\C/C=C\CCCCC. The van der Waals surface area contributed by atoms with Crippen LogP contribution in [0.3, 0.4) is 0 Å². The number of hydrogen-bond donors (Lipinski definition) is 1. The molecule has 57 heavy (non-hydrogen) atoms. The monoisotopic (exact) mass is 798 g/mol. The van der Waals surface area contributed by atoms with E-state index in [0.717, 1.165) is 96.6 Å². The van der Waals surface area contributed by atoms with Gasteiger partial charge in [-0.1, -0.05) is 152 Å². The van der Waals surface area contributed by atoms with Crippen LogP contribution in [-0.4, -0.2) is 60.9 Å². The minimum absolute atomic E-state index is 0.0214. The van der Waals surface area contributed by atoms with E-state index < -0.39 is 0 Å². The summed E-state index contributed by atoms with van der Waals surface area (Å²) in [5.74, 6) is -0.241. The Labute approximate surface area is 352 Å². The maximum absolute atomic E-state index is 12.7. The third-order valence-electron chi connectivity index (χ3n) is 11.4. The van der Waals surface area contributed by atoms with E-state index in [1.807, 2.05) is 0 Å². The summed E-state index contributed by atoms with van der Waals surface area (Å²) in [6.45, 7) is 7.06. The first-order valence-electron chi connectivity index (χ1n) is 24.4. The highest BCUT2D eigenvalue weighted by atomic mass is 16.5. The van der Waals surface area contributed by atoms with Crippen molar-refractivity contribution in [3.8, 4) is 0 Å². The Balaban J connectivity index is 2.32. The van der Waals surface area contributed by atoms with Crippen molar-refractivity contribution in [3.05, 3.63) is 48.6 Å². The van der Waals surface area contributed by atoms with Crippen molar-refractivity contribution in [2.24, 2.45) is 5.92 Å². The highest BCUT2D eigenvalue weighted by Crippen LogP contribution is 2.23. The molecule has 0 atom stereocenters. The van der Waals surface area contributed by atoms with Crippen molar-refractivity contribution < 1.29 is 24.2 Å². The van der Waals surface area contributed by atoms with Crippen LogP contribution in [0, 0.1) is 5.92 Å². The number of rotatable bonds is 40. The van der Waals surface area contributed by atoms with E-state index in [0.29, 0.717) is 32.1 Å². The zero-order chi connectivity index (χ0) is 41.1. The van der Waals surface area contributed by atoms with Crippen LogP contribution in [0.5, 0.6) is 0 Å². The topological polar surface area (TPSA) is 76.1 Å². The third kappa shape index (κ3) is 35.5. The lowest BCUT2D eigenvalue weighted by atomic mass is 9.94. The van der Waals surface area contributed by atoms with Crippen LogP contribution in [0.15, 0.2) is 48.6 Å².